The van der Waals surface area contributed by atoms with Crippen LogP contribution in [0.15, 0.2) is 42.1 Å². The van der Waals surface area contributed by atoms with Gasteiger partial charge < -0.3 is 15.8 Å². The van der Waals surface area contributed by atoms with Crippen LogP contribution in [0.3, 0.4) is 0 Å². The number of allylic oxidation sites excluding steroid dienone is 2. The maximum absolute atomic E-state index is 11.7. The molecule has 0 unspecified atom stereocenters. The summed E-state index contributed by atoms with van der Waals surface area (Å²) in [4.78, 5) is 16.3. The van der Waals surface area contributed by atoms with Gasteiger partial charge in [-0.1, -0.05) is 18.2 Å². The van der Waals surface area contributed by atoms with Crippen LogP contribution in [-0.2, 0) is 17.7 Å². The van der Waals surface area contributed by atoms with Crippen molar-refractivity contribution < 1.29 is 9.53 Å². The number of nitrogens with zero attached hydrogens (tertiary/aromatic N) is 1. The molecule has 1 heterocycles. The van der Waals surface area contributed by atoms with Gasteiger partial charge in [0, 0.05) is 17.5 Å². The standard InChI is InChI=1S/C19H25N3O2/c1-5-15(20)11-13-6-9-17-14(10-13)7-8-16(22-17)12-21-18(23)24-19(2,3)4/h5-10H,11-12,20H2,1-4H3,(H,21,23)/b15-5-. The van der Waals surface area contributed by atoms with E-state index in [1.54, 1.807) is 0 Å². The molecule has 0 radical (unpaired) electrons. The number of nitrogens with one attached hydrogen (secondary N) is 1. The Labute approximate surface area is 142 Å². The number of rotatable bonds is 4. The van der Waals surface area contributed by atoms with Gasteiger partial charge >= 0.3 is 6.09 Å². The summed E-state index contributed by atoms with van der Waals surface area (Å²) in [6.45, 7) is 7.76. The molecular formula is C19H25N3O2. The molecule has 0 aliphatic carbocycles. The van der Waals surface area contributed by atoms with Gasteiger partial charge in [0.15, 0.2) is 0 Å². The smallest absolute Gasteiger partial charge is 0.407 e. The van der Waals surface area contributed by atoms with Crippen molar-refractivity contribution in [1.29, 1.82) is 0 Å². The Kier molecular flexibility index (Phi) is 5.44. The van der Waals surface area contributed by atoms with E-state index in [9.17, 15) is 4.79 Å². The lowest BCUT2D eigenvalue weighted by Gasteiger charge is -2.19. The quantitative estimate of drug-likeness (QED) is 0.898. The highest BCUT2D eigenvalue weighted by molar-refractivity contribution is 5.79. The second-order valence-corrected chi connectivity index (χ2v) is 6.73. The summed E-state index contributed by atoms with van der Waals surface area (Å²) in [6.07, 6.45) is 2.20. The first-order valence-electron chi connectivity index (χ1n) is 8.03. The van der Waals surface area contributed by atoms with Crippen LogP contribution >= 0.6 is 0 Å². The monoisotopic (exact) mass is 327 g/mol. The number of amides is 1. The second-order valence-electron chi connectivity index (χ2n) is 6.73. The number of alkyl carbamates (subject to hydrolysis) is 1. The molecule has 0 atom stereocenters. The SMILES string of the molecule is C/C=C(\N)Cc1ccc2nc(CNC(=O)OC(C)(C)C)ccc2c1. The van der Waals surface area contributed by atoms with Crippen LogP contribution in [0.1, 0.15) is 39.0 Å². The molecule has 24 heavy (non-hydrogen) atoms. The number of fused-ring (bicyclic) bond motifs is 1. The third kappa shape index (κ3) is 5.26. The van der Waals surface area contributed by atoms with Gasteiger partial charge in [0.1, 0.15) is 5.60 Å². The van der Waals surface area contributed by atoms with Crippen LogP contribution in [0.5, 0.6) is 0 Å². The molecule has 5 heteroatoms. The third-order valence-corrected chi connectivity index (χ3v) is 3.40. The number of hydrogen-bond donors (Lipinski definition) is 2. The first-order chi connectivity index (χ1) is 11.3. The van der Waals surface area contributed by atoms with Crippen molar-refractivity contribution in [3.05, 3.63) is 53.4 Å². The minimum absolute atomic E-state index is 0.331. The van der Waals surface area contributed by atoms with E-state index >= 15 is 0 Å². The number of carbonyl (C=O) groups excluding carboxylic acids is 1. The first kappa shape index (κ1) is 17.8. The fourth-order valence-corrected chi connectivity index (χ4v) is 2.24. The summed E-state index contributed by atoms with van der Waals surface area (Å²) < 4.78 is 5.22. The summed E-state index contributed by atoms with van der Waals surface area (Å²) in [5.41, 5.74) is 9.05. The maximum Gasteiger partial charge on any atom is 0.407 e. The molecule has 0 bridgehead atoms. The lowest BCUT2D eigenvalue weighted by molar-refractivity contribution is 0.0523. The van der Waals surface area contributed by atoms with Gasteiger partial charge in [0.2, 0.25) is 0 Å². The van der Waals surface area contributed by atoms with Gasteiger partial charge in [-0.05, 0) is 51.5 Å². The molecule has 0 aliphatic rings. The van der Waals surface area contributed by atoms with Crippen molar-refractivity contribution in [2.75, 3.05) is 0 Å². The van der Waals surface area contributed by atoms with Crippen LogP contribution in [0, 0.1) is 0 Å². The molecule has 0 aliphatic heterocycles. The van der Waals surface area contributed by atoms with Crippen LogP contribution in [-0.4, -0.2) is 16.7 Å². The van der Waals surface area contributed by atoms with Crippen LogP contribution < -0.4 is 11.1 Å². The molecule has 5 nitrogen and oxygen atoms in total. The Morgan fingerprint density at radius 2 is 2.04 bits per heavy atom. The van der Waals surface area contributed by atoms with Gasteiger partial charge in [0.25, 0.3) is 0 Å². The molecule has 0 saturated heterocycles. The topological polar surface area (TPSA) is 77.2 Å². The average Bonchev–Trinajstić information content (AvgIpc) is 2.51. The van der Waals surface area contributed by atoms with Gasteiger partial charge in [-0.2, -0.15) is 0 Å². The molecule has 2 aromatic rings. The van der Waals surface area contributed by atoms with Gasteiger partial charge in [-0.15, -0.1) is 0 Å². The van der Waals surface area contributed by atoms with Crippen LogP contribution in [0.4, 0.5) is 4.79 Å². The fourth-order valence-electron chi connectivity index (χ4n) is 2.24. The Hall–Kier alpha value is -2.56. The van der Waals surface area contributed by atoms with Crippen molar-refractivity contribution in [3.8, 4) is 0 Å². The first-order valence-corrected chi connectivity index (χ1v) is 8.03. The summed E-state index contributed by atoms with van der Waals surface area (Å²) in [7, 11) is 0. The highest BCUT2D eigenvalue weighted by Gasteiger charge is 2.15. The lowest BCUT2D eigenvalue weighted by atomic mass is 10.1. The predicted octanol–water partition coefficient (Wildman–Crippen LogP) is 3.66. The maximum atomic E-state index is 11.7. The van der Waals surface area contributed by atoms with E-state index in [4.69, 9.17) is 10.5 Å². The summed E-state index contributed by atoms with van der Waals surface area (Å²) in [5, 5.41) is 3.77. The van der Waals surface area contributed by atoms with E-state index in [2.05, 4.69) is 16.4 Å². The molecule has 0 fully saturated rings. The number of benzene rings is 1. The van der Waals surface area contributed by atoms with Gasteiger partial charge in [-0.3, -0.25) is 4.98 Å². The Bertz CT molecular complexity index is 761. The van der Waals surface area contributed by atoms with E-state index in [1.165, 1.54) is 0 Å². The Balaban J connectivity index is 2.06. The van der Waals surface area contributed by atoms with E-state index in [0.717, 1.165) is 34.3 Å². The number of ether oxygens (including phenoxy) is 1. The third-order valence-electron chi connectivity index (χ3n) is 3.40. The highest BCUT2D eigenvalue weighted by atomic mass is 16.6. The van der Waals surface area contributed by atoms with Crippen LogP contribution in [0.25, 0.3) is 10.9 Å². The highest BCUT2D eigenvalue weighted by Crippen LogP contribution is 2.16. The average molecular weight is 327 g/mol. The van der Waals surface area contributed by atoms with Crippen molar-refractivity contribution >= 4 is 17.0 Å². The van der Waals surface area contributed by atoms with E-state index < -0.39 is 11.7 Å². The molecular weight excluding hydrogens is 302 g/mol. The van der Waals surface area contributed by atoms with Gasteiger partial charge in [-0.25, -0.2) is 4.79 Å². The molecule has 1 aromatic heterocycles. The summed E-state index contributed by atoms with van der Waals surface area (Å²) in [6, 6.07) is 10.00. The van der Waals surface area contributed by atoms with E-state index in [1.807, 2.05) is 58.0 Å². The van der Waals surface area contributed by atoms with Crippen molar-refractivity contribution in [1.82, 2.24) is 10.3 Å². The zero-order valence-corrected chi connectivity index (χ0v) is 14.7. The van der Waals surface area contributed by atoms with Crippen molar-refractivity contribution in [3.63, 3.8) is 0 Å². The molecule has 1 aromatic carbocycles. The van der Waals surface area contributed by atoms with Crippen LogP contribution in [0.2, 0.25) is 0 Å². The second kappa shape index (κ2) is 7.34. The minimum Gasteiger partial charge on any atom is -0.444 e. The number of pyridine rings is 1. The summed E-state index contributed by atoms with van der Waals surface area (Å²) >= 11 is 0. The summed E-state index contributed by atoms with van der Waals surface area (Å²) in [5.74, 6) is 0. The number of hydrogen-bond acceptors (Lipinski definition) is 4. The molecule has 1 amide bonds. The minimum atomic E-state index is -0.508. The largest absolute Gasteiger partial charge is 0.444 e. The Morgan fingerprint density at radius 1 is 1.29 bits per heavy atom. The number of nitrogens with two attached hydrogens (primary N) is 1. The molecule has 0 spiro atoms. The Morgan fingerprint density at radius 3 is 2.71 bits per heavy atom. The number of carbonyl (C=O) groups is 1. The van der Waals surface area contributed by atoms with Crippen molar-refractivity contribution in [2.24, 2.45) is 5.73 Å². The molecule has 128 valence electrons. The molecule has 0 saturated carbocycles. The van der Waals surface area contributed by atoms with E-state index in [0.29, 0.717) is 6.54 Å². The number of aromatic nitrogens is 1. The molecule has 3 N–H and O–H groups in total. The van der Waals surface area contributed by atoms with Gasteiger partial charge in [0.05, 0.1) is 17.8 Å². The van der Waals surface area contributed by atoms with E-state index in [-0.39, 0.29) is 0 Å². The zero-order chi connectivity index (χ0) is 17.7. The van der Waals surface area contributed by atoms with Crippen molar-refractivity contribution in [2.45, 2.75) is 46.3 Å². The lowest BCUT2D eigenvalue weighted by Crippen LogP contribution is -2.32. The zero-order valence-electron chi connectivity index (χ0n) is 14.7. The predicted molar refractivity (Wildman–Crippen MR) is 96.5 cm³/mol. The normalized spacial score (nSPS) is 12.2. The fraction of sp³-hybridized carbons (Fsp3) is 0.368. The molecule has 2 rings (SSSR count).